The fourth-order valence-electron chi connectivity index (χ4n) is 7.26. The van der Waals surface area contributed by atoms with Gasteiger partial charge in [-0.25, -0.2) is 4.79 Å². The number of nitrogens with zero attached hydrogens (tertiary/aromatic N) is 2. The first-order chi connectivity index (χ1) is 21.6. The first-order valence-electron chi connectivity index (χ1n) is 14.9. The van der Waals surface area contributed by atoms with Crippen molar-refractivity contribution in [3.8, 4) is 16.8 Å². The van der Waals surface area contributed by atoms with Crippen LogP contribution in [0.2, 0.25) is 20.1 Å². The number of carbonyl (C=O) groups is 1. The van der Waals surface area contributed by atoms with Gasteiger partial charge in [0, 0.05) is 64.0 Å². The Morgan fingerprint density at radius 1 is 0.756 bits per heavy atom. The van der Waals surface area contributed by atoms with E-state index in [1.54, 1.807) is 0 Å². The van der Waals surface area contributed by atoms with E-state index in [-0.39, 0.29) is 25.7 Å². The van der Waals surface area contributed by atoms with Gasteiger partial charge < -0.3 is 14.2 Å². The van der Waals surface area contributed by atoms with E-state index in [0.717, 1.165) is 58.0 Å². The molecule has 0 saturated carbocycles. The molecule has 2 aliphatic rings. The maximum Gasteiger partial charge on any atom is 0.341 e. The zero-order valence-corrected chi connectivity index (χ0v) is 28.2. The number of esters is 1. The van der Waals surface area contributed by atoms with Crippen LogP contribution in [0.1, 0.15) is 66.0 Å². The smallest absolute Gasteiger partial charge is 0.341 e. The third kappa shape index (κ3) is 4.16. The van der Waals surface area contributed by atoms with Crippen molar-refractivity contribution >= 4 is 58.1 Å². The van der Waals surface area contributed by atoms with Crippen molar-refractivity contribution in [2.75, 3.05) is 18.0 Å². The minimum Gasteiger partial charge on any atom is -0.440 e. The van der Waals surface area contributed by atoms with E-state index in [0.29, 0.717) is 5.56 Å². The standard InChI is InChI=1S/C37H30Cl4N2O2/c1-5-42(6-2)23-18-16-22(17-19-23)37(29-27(35(44)45-37)30(38)32(40)33(41)31(29)39)28-24(21-12-8-7-9-13-21)20-43-26-15-11-10-14-25(26)36(3,4)34(28)43/h7-20H,5-6H2,1-4H3. The molecule has 5 aromatic rings. The minimum atomic E-state index is -1.51. The molecule has 0 aliphatic carbocycles. The molecule has 7 rings (SSSR count). The molecular formula is C37H30Cl4N2O2. The van der Waals surface area contributed by atoms with Crippen molar-refractivity contribution in [1.29, 1.82) is 0 Å². The highest BCUT2D eigenvalue weighted by Crippen LogP contribution is 2.60. The number of aromatic nitrogens is 1. The Morgan fingerprint density at radius 3 is 2.04 bits per heavy atom. The number of para-hydroxylation sites is 1. The lowest BCUT2D eigenvalue weighted by Gasteiger charge is -2.35. The van der Waals surface area contributed by atoms with Crippen LogP contribution in [-0.4, -0.2) is 23.6 Å². The van der Waals surface area contributed by atoms with Gasteiger partial charge >= 0.3 is 5.97 Å². The number of hydrogen-bond donors (Lipinski definition) is 0. The van der Waals surface area contributed by atoms with Crippen molar-refractivity contribution in [2.45, 2.75) is 38.7 Å². The topological polar surface area (TPSA) is 34.5 Å². The lowest BCUT2D eigenvalue weighted by Crippen LogP contribution is -2.34. The molecule has 4 nitrogen and oxygen atoms in total. The second-order valence-electron chi connectivity index (χ2n) is 11.9. The Hall–Kier alpha value is -3.41. The van der Waals surface area contributed by atoms with Crippen molar-refractivity contribution in [3.05, 3.63) is 139 Å². The molecule has 2 aliphatic heterocycles. The third-order valence-electron chi connectivity index (χ3n) is 9.34. The summed E-state index contributed by atoms with van der Waals surface area (Å²) in [6, 6.07) is 26.6. The number of fused-ring (bicyclic) bond motifs is 4. The zero-order valence-electron chi connectivity index (χ0n) is 25.2. The number of ether oxygens (including phenoxy) is 1. The zero-order chi connectivity index (χ0) is 31.8. The summed E-state index contributed by atoms with van der Waals surface area (Å²) in [5.41, 5.74) is 6.18. The summed E-state index contributed by atoms with van der Waals surface area (Å²) in [5, 5.41) is 0.244. The minimum absolute atomic E-state index is 0.0184. The van der Waals surface area contributed by atoms with Crippen molar-refractivity contribution in [1.82, 2.24) is 4.57 Å². The molecule has 0 saturated heterocycles. The first kappa shape index (κ1) is 30.3. The van der Waals surface area contributed by atoms with Gasteiger partial charge in [0.05, 0.1) is 25.7 Å². The summed E-state index contributed by atoms with van der Waals surface area (Å²) in [4.78, 5) is 16.4. The molecule has 1 unspecified atom stereocenters. The van der Waals surface area contributed by atoms with Gasteiger partial charge in [-0.1, -0.05) is 121 Å². The number of benzene rings is 4. The molecule has 228 valence electrons. The average Bonchev–Trinajstić information content (AvgIpc) is 3.68. The Kier molecular flexibility index (Phi) is 7.29. The normalized spacial score (nSPS) is 17.6. The highest BCUT2D eigenvalue weighted by molar-refractivity contribution is 6.53. The van der Waals surface area contributed by atoms with Gasteiger partial charge in [0.15, 0.2) is 5.60 Å². The van der Waals surface area contributed by atoms with E-state index in [2.05, 4.69) is 85.8 Å². The van der Waals surface area contributed by atoms with Crippen LogP contribution in [0.25, 0.3) is 16.8 Å². The highest BCUT2D eigenvalue weighted by atomic mass is 35.5. The van der Waals surface area contributed by atoms with Gasteiger partial charge in [0.2, 0.25) is 0 Å². The van der Waals surface area contributed by atoms with Gasteiger partial charge in [-0.15, -0.1) is 0 Å². The Labute approximate surface area is 283 Å². The molecule has 1 atom stereocenters. The van der Waals surface area contributed by atoms with E-state index >= 15 is 0 Å². The number of cyclic esters (lactones) is 1. The molecule has 0 N–H and O–H groups in total. The largest absolute Gasteiger partial charge is 0.440 e. The Bertz CT molecular complexity index is 2000. The number of halogens is 4. The van der Waals surface area contributed by atoms with Crippen molar-refractivity contribution < 1.29 is 9.53 Å². The molecule has 0 fully saturated rings. The van der Waals surface area contributed by atoms with Gasteiger partial charge in [0.1, 0.15) is 0 Å². The van der Waals surface area contributed by atoms with Crippen LogP contribution in [0.5, 0.6) is 0 Å². The fraction of sp³-hybridized carbons (Fsp3) is 0.216. The molecular weight excluding hydrogens is 646 g/mol. The maximum atomic E-state index is 14.1. The van der Waals surface area contributed by atoms with Crippen LogP contribution in [0.4, 0.5) is 5.69 Å². The van der Waals surface area contributed by atoms with Gasteiger partial charge in [-0.2, -0.15) is 0 Å². The van der Waals surface area contributed by atoms with E-state index < -0.39 is 17.0 Å². The average molecular weight is 676 g/mol. The molecule has 0 radical (unpaired) electrons. The molecule has 0 spiro atoms. The van der Waals surface area contributed by atoms with Gasteiger partial charge in [-0.05, 0) is 43.2 Å². The van der Waals surface area contributed by atoms with E-state index in [4.69, 9.17) is 51.1 Å². The van der Waals surface area contributed by atoms with E-state index in [9.17, 15) is 4.79 Å². The lowest BCUT2D eigenvalue weighted by molar-refractivity contribution is 0.0249. The number of carbonyl (C=O) groups excluding carboxylic acids is 1. The summed E-state index contributed by atoms with van der Waals surface area (Å²) in [5.74, 6) is -0.615. The SMILES string of the molecule is CCN(CC)c1ccc(C2(c3c(-c4ccccc4)cn4c3C(C)(C)c3ccccc3-4)OC(=O)c3c(Cl)c(Cl)c(Cl)c(Cl)c32)cc1. The second kappa shape index (κ2) is 10.8. The Morgan fingerprint density at radius 2 is 1.38 bits per heavy atom. The van der Waals surface area contributed by atoms with Crippen LogP contribution >= 0.6 is 46.4 Å². The van der Waals surface area contributed by atoms with Crippen LogP contribution < -0.4 is 4.90 Å². The van der Waals surface area contributed by atoms with Gasteiger partial charge in [0.25, 0.3) is 0 Å². The first-order valence-corrected chi connectivity index (χ1v) is 16.5. The van der Waals surface area contributed by atoms with Crippen molar-refractivity contribution in [3.63, 3.8) is 0 Å². The van der Waals surface area contributed by atoms with Crippen LogP contribution in [0, 0.1) is 0 Å². The predicted molar refractivity (Wildman–Crippen MR) is 185 cm³/mol. The number of hydrogen-bond acceptors (Lipinski definition) is 3. The molecule has 3 heterocycles. The second-order valence-corrected chi connectivity index (χ2v) is 13.5. The quantitative estimate of drug-likeness (QED) is 0.102. The molecule has 1 aromatic heterocycles. The summed E-state index contributed by atoms with van der Waals surface area (Å²) >= 11 is 27.3. The number of anilines is 1. The summed E-state index contributed by atoms with van der Waals surface area (Å²) in [6.45, 7) is 10.3. The molecule has 0 amide bonds. The maximum absolute atomic E-state index is 14.1. The number of rotatable bonds is 6. The van der Waals surface area contributed by atoms with Crippen LogP contribution in [-0.2, 0) is 15.8 Å². The van der Waals surface area contributed by atoms with Gasteiger partial charge in [-0.3, -0.25) is 0 Å². The third-order valence-corrected chi connectivity index (χ3v) is 11.1. The molecule has 4 aromatic carbocycles. The predicted octanol–water partition coefficient (Wildman–Crippen LogP) is 10.7. The van der Waals surface area contributed by atoms with Crippen molar-refractivity contribution in [2.24, 2.45) is 0 Å². The monoisotopic (exact) mass is 674 g/mol. The lowest BCUT2D eigenvalue weighted by atomic mass is 9.72. The summed E-state index contributed by atoms with van der Waals surface area (Å²) < 4.78 is 8.92. The molecule has 8 heteroatoms. The van der Waals surface area contributed by atoms with Crippen LogP contribution in [0.15, 0.2) is 85.1 Å². The Balaban J connectivity index is 1.66. The molecule has 45 heavy (non-hydrogen) atoms. The molecule has 0 bridgehead atoms. The van der Waals surface area contributed by atoms with E-state index in [1.165, 1.54) is 0 Å². The van der Waals surface area contributed by atoms with Crippen LogP contribution in [0.3, 0.4) is 0 Å². The fourth-order valence-corrected chi connectivity index (χ4v) is 8.32. The summed E-state index contributed by atoms with van der Waals surface area (Å²) in [7, 11) is 0. The van der Waals surface area contributed by atoms with E-state index in [1.807, 2.05) is 36.4 Å². The summed E-state index contributed by atoms with van der Waals surface area (Å²) in [6.07, 6.45) is 2.14. The highest BCUT2D eigenvalue weighted by Gasteiger charge is 2.57.